The Kier molecular flexibility index (Phi) is 6.49. The number of halogens is 1. The number of benzene rings is 2. The van der Waals surface area contributed by atoms with E-state index in [9.17, 15) is 17.6 Å². The summed E-state index contributed by atoms with van der Waals surface area (Å²) < 4.78 is 42.4. The van der Waals surface area contributed by atoms with Gasteiger partial charge in [-0.15, -0.1) is 0 Å². The van der Waals surface area contributed by atoms with Crippen molar-refractivity contribution in [2.75, 3.05) is 14.1 Å². The van der Waals surface area contributed by atoms with Gasteiger partial charge in [0, 0.05) is 31.4 Å². The van der Waals surface area contributed by atoms with Crippen molar-refractivity contribution in [3.63, 3.8) is 0 Å². The van der Waals surface area contributed by atoms with E-state index in [0.29, 0.717) is 17.7 Å². The summed E-state index contributed by atoms with van der Waals surface area (Å²) in [7, 11) is -0.757. The molecular weight excluding hydrogens is 405 g/mol. The van der Waals surface area contributed by atoms with Crippen molar-refractivity contribution < 1.29 is 17.6 Å². The molecule has 0 radical (unpaired) electrons. The largest absolute Gasteiger partial charge is 0.356 e. The van der Waals surface area contributed by atoms with Crippen LogP contribution in [0.15, 0.2) is 71.8 Å². The van der Waals surface area contributed by atoms with E-state index >= 15 is 0 Å². The monoisotopic (exact) mass is 427 g/mol. The summed E-state index contributed by atoms with van der Waals surface area (Å²) in [6.07, 6.45) is 4.33. The second-order valence-corrected chi connectivity index (χ2v) is 8.38. The first-order valence-corrected chi connectivity index (χ1v) is 10.7. The maximum absolute atomic E-state index is 14.4. The molecule has 0 atom stereocenters. The van der Waals surface area contributed by atoms with Crippen LogP contribution < -0.4 is 10.6 Å². The molecule has 1 amide bonds. The maximum Gasteiger partial charge on any atom is 0.268 e. The quantitative estimate of drug-likeness (QED) is 0.568. The number of hydrogen-bond acceptors (Lipinski definition) is 4. The molecule has 8 heteroatoms. The van der Waals surface area contributed by atoms with E-state index in [1.807, 2.05) is 0 Å². The molecule has 0 saturated heterocycles. The van der Waals surface area contributed by atoms with Crippen LogP contribution in [0.1, 0.15) is 11.1 Å². The van der Waals surface area contributed by atoms with Gasteiger partial charge in [-0.05, 0) is 54.6 Å². The molecular formula is C22H22FN3O3S. The molecule has 6 nitrogen and oxygen atoms in total. The Hall–Kier alpha value is -3.23. The number of nitrogens with zero attached hydrogens (tertiary/aromatic N) is 1. The highest BCUT2D eigenvalue weighted by molar-refractivity contribution is 7.90. The highest BCUT2D eigenvalue weighted by atomic mass is 32.2. The van der Waals surface area contributed by atoms with E-state index in [4.69, 9.17) is 0 Å². The van der Waals surface area contributed by atoms with Crippen LogP contribution in [0.5, 0.6) is 0 Å². The lowest BCUT2D eigenvalue weighted by Gasteiger charge is -2.12. The van der Waals surface area contributed by atoms with Gasteiger partial charge in [-0.2, -0.15) is 0 Å². The zero-order valence-corrected chi connectivity index (χ0v) is 17.4. The van der Waals surface area contributed by atoms with Gasteiger partial charge in [-0.3, -0.25) is 4.79 Å². The van der Waals surface area contributed by atoms with Gasteiger partial charge in [0.15, 0.2) is 0 Å². The van der Waals surface area contributed by atoms with Crippen LogP contribution in [-0.4, -0.2) is 32.4 Å². The Morgan fingerprint density at radius 2 is 1.87 bits per heavy atom. The van der Waals surface area contributed by atoms with E-state index in [-0.39, 0.29) is 22.1 Å². The Morgan fingerprint density at radius 1 is 1.10 bits per heavy atom. The topological polar surface area (TPSA) is 80.2 Å². The van der Waals surface area contributed by atoms with Gasteiger partial charge in [0.1, 0.15) is 5.82 Å². The van der Waals surface area contributed by atoms with Crippen molar-refractivity contribution >= 4 is 22.0 Å². The average molecular weight is 428 g/mol. The number of carbonyl (C=O) groups excluding carboxylic acids is 1. The van der Waals surface area contributed by atoms with Crippen LogP contribution in [0.2, 0.25) is 0 Å². The van der Waals surface area contributed by atoms with Gasteiger partial charge >= 0.3 is 0 Å². The lowest BCUT2D eigenvalue weighted by Crippen LogP contribution is -2.14. The minimum atomic E-state index is -4.01. The van der Waals surface area contributed by atoms with Crippen LogP contribution in [-0.2, 0) is 21.4 Å². The molecule has 2 N–H and O–H groups in total. The minimum Gasteiger partial charge on any atom is -0.356 e. The number of aromatic nitrogens is 1. The summed E-state index contributed by atoms with van der Waals surface area (Å²) in [6, 6.07) is 13.9. The number of rotatable bonds is 7. The fraction of sp³-hybridized carbons (Fsp3) is 0.136. The van der Waals surface area contributed by atoms with Crippen LogP contribution in [0.25, 0.3) is 17.3 Å². The third kappa shape index (κ3) is 4.50. The molecule has 0 saturated carbocycles. The smallest absolute Gasteiger partial charge is 0.268 e. The Bertz CT molecular complexity index is 1200. The fourth-order valence-electron chi connectivity index (χ4n) is 3.01. The lowest BCUT2D eigenvalue weighted by atomic mass is 10.1. The molecule has 1 heterocycles. The Labute approximate surface area is 175 Å². The van der Waals surface area contributed by atoms with Crippen molar-refractivity contribution in [2.24, 2.45) is 0 Å². The third-order valence-electron chi connectivity index (χ3n) is 4.46. The first kappa shape index (κ1) is 21.5. The summed E-state index contributed by atoms with van der Waals surface area (Å²) in [4.78, 5) is 11.5. The number of nitrogens with one attached hydrogen (secondary N) is 2. The van der Waals surface area contributed by atoms with Crippen molar-refractivity contribution in [1.29, 1.82) is 0 Å². The van der Waals surface area contributed by atoms with E-state index in [2.05, 4.69) is 10.6 Å². The summed E-state index contributed by atoms with van der Waals surface area (Å²) in [6.45, 7) is 0.429. The number of carbonyl (C=O) groups is 1. The zero-order chi connectivity index (χ0) is 21.7. The normalized spacial score (nSPS) is 11.7. The zero-order valence-electron chi connectivity index (χ0n) is 16.6. The van der Waals surface area contributed by atoms with Gasteiger partial charge in [0.2, 0.25) is 5.91 Å². The molecule has 3 aromatic rings. The molecule has 0 aliphatic rings. The molecule has 0 aliphatic carbocycles. The van der Waals surface area contributed by atoms with Crippen LogP contribution in [0, 0.1) is 5.82 Å². The second kappa shape index (κ2) is 9.06. The van der Waals surface area contributed by atoms with Gasteiger partial charge in [0.05, 0.1) is 10.6 Å². The molecule has 30 heavy (non-hydrogen) atoms. The first-order chi connectivity index (χ1) is 14.4. The third-order valence-corrected chi connectivity index (χ3v) is 6.13. The predicted octanol–water partition coefficient (Wildman–Crippen LogP) is 3.01. The molecule has 156 valence electrons. The fourth-order valence-corrected chi connectivity index (χ4v) is 4.46. The van der Waals surface area contributed by atoms with Crippen molar-refractivity contribution in [2.45, 2.75) is 11.4 Å². The first-order valence-electron chi connectivity index (χ1n) is 9.23. The van der Waals surface area contributed by atoms with E-state index < -0.39 is 15.8 Å². The highest BCUT2D eigenvalue weighted by Gasteiger charge is 2.23. The molecule has 0 unspecified atom stereocenters. The second-order valence-electron chi connectivity index (χ2n) is 6.56. The highest BCUT2D eigenvalue weighted by Crippen LogP contribution is 2.29. The molecule has 2 aromatic carbocycles. The summed E-state index contributed by atoms with van der Waals surface area (Å²) >= 11 is 0. The molecule has 0 bridgehead atoms. The van der Waals surface area contributed by atoms with Crippen LogP contribution in [0.3, 0.4) is 0 Å². The van der Waals surface area contributed by atoms with Crippen molar-refractivity contribution in [3.8, 4) is 11.3 Å². The molecule has 1 aromatic heterocycles. The molecule has 0 aliphatic heterocycles. The van der Waals surface area contributed by atoms with Gasteiger partial charge < -0.3 is 10.6 Å². The van der Waals surface area contributed by atoms with E-state index in [1.54, 1.807) is 43.4 Å². The van der Waals surface area contributed by atoms with Crippen molar-refractivity contribution in [3.05, 3.63) is 83.8 Å². The minimum absolute atomic E-state index is 0.0331. The number of hydrogen-bond donors (Lipinski definition) is 2. The number of amides is 1. The van der Waals surface area contributed by atoms with Gasteiger partial charge in [-0.25, -0.2) is 16.8 Å². The summed E-state index contributed by atoms with van der Waals surface area (Å²) in [5.74, 6) is -0.808. The van der Waals surface area contributed by atoms with Crippen molar-refractivity contribution in [1.82, 2.24) is 14.6 Å². The van der Waals surface area contributed by atoms with Gasteiger partial charge in [0.25, 0.3) is 10.0 Å². The SMILES string of the molecule is CNCc1cc(-c2ccccc2F)n(S(=O)(=O)c2cccc(/C=C/C(=O)NC)c2)c1. The number of likely N-dealkylation sites (N-methyl/N-ethyl adjacent to an activating group) is 1. The predicted molar refractivity (Wildman–Crippen MR) is 115 cm³/mol. The van der Waals surface area contributed by atoms with Crippen LogP contribution in [0.4, 0.5) is 4.39 Å². The molecule has 0 spiro atoms. The maximum atomic E-state index is 14.4. The molecule has 3 rings (SSSR count). The Balaban J connectivity index is 2.12. The van der Waals surface area contributed by atoms with E-state index in [1.165, 1.54) is 43.6 Å². The Morgan fingerprint density at radius 3 is 2.57 bits per heavy atom. The van der Waals surface area contributed by atoms with E-state index in [0.717, 1.165) is 3.97 Å². The molecule has 0 fully saturated rings. The summed E-state index contributed by atoms with van der Waals surface area (Å²) in [5, 5.41) is 5.44. The average Bonchev–Trinajstić information content (AvgIpc) is 3.17. The summed E-state index contributed by atoms with van der Waals surface area (Å²) in [5.41, 5.74) is 1.69. The van der Waals surface area contributed by atoms with Gasteiger partial charge in [-0.1, -0.05) is 24.3 Å². The standard InChI is InChI=1S/C22H22FN3O3S/c1-24-14-17-13-21(19-8-3-4-9-20(19)23)26(15-17)30(28,29)18-7-5-6-16(12-18)10-11-22(27)25-2/h3-13,15,24H,14H2,1-2H3,(H,25,27)/b11-10+. The lowest BCUT2D eigenvalue weighted by molar-refractivity contribution is -0.115. The van der Waals surface area contributed by atoms with Crippen LogP contribution >= 0.6 is 0 Å².